The second-order valence-corrected chi connectivity index (χ2v) is 3.63. The molecule has 7 nitrogen and oxygen atoms in total. The summed E-state index contributed by atoms with van der Waals surface area (Å²) >= 11 is 0. The van der Waals surface area contributed by atoms with E-state index in [4.69, 9.17) is 0 Å². The first-order chi connectivity index (χ1) is 8.79. The molecule has 0 saturated heterocycles. The Morgan fingerprint density at radius 2 is 2.22 bits per heavy atom. The van der Waals surface area contributed by atoms with Crippen LogP contribution in [0.5, 0.6) is 0 Å². The number of rotatable bonds is 2. The number of methoxy groups -OCH3 is 1. The van der Waals surface area contributed by atoms with Crippen molar-refractivity contribution in [2.75, 3.05) is 7.11 Å². The molecule has 0 aromatic carbocycles. The molecule has 0 amide bonds. The summed E-state index contributed by atoms with van der Waals surface area (Å²) in [4.78, 5) is 11.5. The van der Waals surface area contributed by atoms with Crippen molar-refractivity contribution in [3.05, 3.63) is 36.2 Å². The molecule has 0 aliphatic carbocycles. The van der Waals surface area contributed by atoms with Gasteiger partial charge in [0.05, 0.1) is 12.7 Å². The molecule has 18 heavy (non-hydrogen) atoms. The van der Waals surface area contributed by atoms with Gasteiger partial charge in [0.15, 0.2) is 11.5 Å². The lowest BCUT2D eigenvalue weighted by molar-refractivity contribution is 0.0600. The number of carbonyl (C=O) groups is 1. The average molecular weight is 243 g/mol. The van der Waals surface area contributed by atoms with Crippen molar-refractivity contribution in [2.45, 2.75) is 0 Å². The van der Waals surface area contributed by atoms with E-state index in [1.807, 2.05) is 0 Å². The lowest BCUT2D eigenvalue weighted by Gasteiger charge is -2.01. The Morgan fingerprint density at radius 3 is 2.94 bits per heavy atom. The van der Waals surface area contributed by atoms with Gasteiger partial charge in [0.2, 0.25) is 0 Å². The summed E-state index contributed by atoms with van der Waals surface area (Å²) < 4.78 is 6.39. The normalized spacial score (nSPS) is 10.7. The van der Waals surface area contributed by atoms with Gasteiger partial charge in [-0.1, -0.05) is 0 Å². The number of hydrogen-bond acceptors (Lipinski definition) is 5. The molecule has 1 N–H and O–H groups in total. The van der Waals surface area contributed by atoms with E-state index < -0.39 is 5.97 Å². The molecule has 7 heteroatoms. The van der Waals surface area contributed by atoms with Crippen molar-refractivity contribution in [3.63, 3.8) is 0 Å². The van der Waals surface area contributed by atoms with Gasteiger partial charge in [-0.05, 0) is 18.2 Å². The van der Waals surface area contributed by atoms with Crippen LogP contribution in [-0.4, -0.2) is 37.9 Å². The number of H-pyrrole nitrogens is 1. The number of aromatic amines is 1. The van der Waals surface area contributed by atoms with E-state index in [-0.39, 0.29) is 0 Å². The number of carbonyl (C=O) groups excluding carboxylic acids is 1. The molecular weight excluding hydrogens is 234 g/mol. The van der Waals surface area contributed by atoms with Crippen LogP contribution in [0.3, 0.4) is 0 Å². The zero-order chi connectivity index (χ0) is 12.5. The summed E-state index contributed by atoms with van der Waals surface area (Å²) in [5.41, 5.74) is 1.81. The van der Waals surface area contributed by atoms with Gasteiger partial charge in [-0.15, -0.1) is 10.2 Å². The Labute approximate surface area is 101 Å². The van der Waals surface area contributed by atoms with Crippen LogP contribution in [-0.2, 0) is 4.74 Å². The summed E-state index contributed by atoms with van der Waals surface area (Å²) in [7, 11) is 1.34. The second-order valence-electron chi connectivity index (χ2n) is 3.63. The van der Waals surface area contributed by atoms with E-state index in [9.17, 15) is 4.79 Å². The number of esters is 1. The van der Waals surface area contributed by atoms with Crippen LogP contribution in [0, 0.1) is 0 Å². The third-order valence-corrected chi connectivity index (χ3v) is 2.57. The van der Waals surface area contributed by atoms with Crippen LogP contribution in [0.25, 0.3) is 17.2 Å². The molecule has 90 valence electrons. The fraction of sp³-hybridized carbons (Fsp3) is 0.0909. The zero-order valence-electron chi connectivity index (χ0n) is 9.49. The predicted octanol–water partition coefficient (Wildman–Crippen LogP) is 0.906. The number of fused-ring (bicyclic) bond motifs is 1. The summed E-state index contributed by atoms with van der Waals surface area (Å²) in [6.07, 6.45) is 3.26. The highest BCUT2D eigenvalue weighted by atomic mass is 16.5. The van der Waals surface area contributed by atoms with E-state index >= 15 is 0 Å². The Bertz CT molecular complexity index is 701. The molecule has 0 spiro atoms. The van der Waals surface area contributed by atoms with Gasteiger partial charge in [-0.2, -0.15) is 5.10 Å². The van der Waals surface area contributed by atoms with Crippen LogP contribution in [0.4, 0.5) is 0 Å². The maximum absolute atomic E-state index is 11.5. The van der Waals surface area contributed by atoms with Crippen molar-refractivity contribution in [1.82, 2.24) is 24.8 Å². The molecule has 3 heterocycles. The number of pyridine rings is 1. The summed E-state index contributed by atoms with van der Waals surface area (Å²) in [5.74, 6) is 0.189. The lowest BCUT2D eigenvalue weighted by atomic mass is 10.3. The van der Waals surface area contributed by atoms with Crippen molar-refractivity contribution < 1.29 is 9.53 Å². The molecule has 0 saturated carbocycles. The standard InChI is InChI=1S/C11H9N5O2/c1-18-11(17)7-2-3-9-14-15-10(16(9)6-7)8-4-5-12-13-8/h2-6H,1H3,(H,12,13). The minimum atomic E-state index is -0.402. The molecule has 0 aliphatic rings. The minimum absolute atomic E-state index is 0.402. The molecular formula is C11H9N5O2. The van der Waals surface area contributed by atoms with Crippen molar-refractivity contribution in [1.29, 1.82) is 0 Å². The second kappa shape index (κ2) is 3.95. The summed E-state index contributed by atoms with van der Waals surface area (Å²) in [6, 6.07) is 5.13. The summed E-state index contributed by atoms with van der Waals surface area (Å²) in [6.45, 7) is 0. The Morgan fingerprint density at radius 1 is 1.33 bits per heavy atom. The number of nitrogens with zero attached hydrogens (tertiary/aromatic N) is 4. The molecule has 0 radical (unpaired) electrons. The SMILES string of the molecule is COC(=O)c1ccc2nnc(-c3ccn[nH]3)n2c1. The number of hydrogen-bond donors (Lipinski definition) is 1. The highest BCUT2D eigenvalue weighted by molar-refractivity contribution is 5.89. The van der Waals surface area contributed by atoms with Crippen molar-refractivity contribution >= 4 is 11.6 Å². The van der Waals surface area contributed by atoms with E-state index in [0.29, 0.717) is 17.0 Å². The minimum Gasteiger partial charge on any atom is -0.465 e. The van der Waals surface area contributed by atoms with Gasteiger partial charge < -0.3 is 4.74 Å². The van der Waals surface area contributed by atoms with Crippen LogP contribution >= 0.6 is 0 Å². The first kappa shape index (κ1) is 10.5. The monoisotopic (exact) mass is 243 g/mol. The largest absolute Gasteiger partial charge is 0.465 e. The third kappa shape index (κ3) is 1.53. The van der Waals surface area contributed by atoms with Gasteiger partial charge in [-0.25, -0.2) is 4.79 Å². The molecule has 0 aliphatic heterocycles. The van der Waals surface area contributed by atoms with E-state index in [0.717, 1.165) is 5.69 Å². The lowest BCUT2D eigenvalue weighted by Crippen LogP contribution is -2.03. The maximum Gasteiger partial charge on any atom is 0.339 e. The first-order valence-electron chi connectivity index (χ1n) is 5.22. The number of nitrogens with one attached hydrogen (secondary N) is 1. The molecule has 3 rings (SSSR count). The molecule has 3 aromatic heterocycles. The first-order valence-corrected chi connectivity index (χ1v) is 5.22. The zero-order valence-corrected chi connectivity index (χ0v) is 9.49. The molecule has 0 bridgehead atoms. The Kier molecular flexibility index (Phi) is 2.30. The van der Waals surface area contributed by atoms with Gasteiger partial charge in [0.1, 0.15) is 5.69 Å². The van der Waals surface area contributed by atoms with Crippen LogP contribution in [0.1, 0.15) is 10.4 Å². The van der Waals surface area contributed by atoms with Crippen LogP contribution < -0.4 is 0 Å². The van der Waals surface area contributed by atoms with Crippen LogP contribution in [0.2, 0.25) is 0 Å². The molecule has 0 fully saturated rings. The van der Waals surface area contributed by atoms with Crippen molar-refractivity contribution in [3.8, 4) is 11.5 Å². The topological polar surface area (TPSA) is 85.2 Å². The average Bonchev–Trinajstić information content (AvgIpc) is 3.05. The van der Waals surface area contributed by atoms with E-state index in [1.54, 1.807) is 35.0 Å². The third-order valence-electron chi connectivity index (χ3n) is 2.57. The highest BCUT2D eigenvalue weighted by Crippen LogP contribution is 2.16. The molecule has 0 unspecified atom stereocenters. The maximum atomic E-state index is 11.5. The van der Waals surface area contributed by atoms with E-state index in [1.165, 1.54) is 7.11 Å². The van der Waals surface area contributed by atoms with Gasteiger partial charge in [0.25, 0.3) is 0 Å². The quantitative estimate of drug-likeness (QED) is 0.676. The Balaban J connectivity index is 2.19. The van der Waals surface area contributed by atoms with Gasteiger partial charge >= 0.3 is 5.97 Å². The molecule has 3 aromatic rings. The predicted molar refractivity (Wildman–Crippen MR) is 61.9 cm³/mol. The van der Waals surface area contributed by atoms with Crippen LogP contribution in [0.15, 0.2) is 30.6 Å². The van der Waals surface area contributed by atoms with E-state index in [2.05, 4.69) is 25.1 Å². The van der Waals surface area contributed by atoms with Gasteiger partial charge in [0, 0.05) is 12.4 Å². The smallest absolute Gasteiger partial charge is 0.339 e. The number of aromatic nitrogens is 5. The fourth-order valence-corrected chi connectivity index (χ4v) is 1.69. The number of ether oxygens (including phenoxy) is 1. The fourth-order valence-electron chi connectivity index (χ4n) is 1.69. The summed E-state index contributed by atoms with van der Waals surface area (Å²) in [5, 5.41) is 14.7. The molecule has 0 atom stereocenters. The van der Waals surface area contributed by atoms with Crippen molar-refractivity contribution in [2.24, 2.45) is 0 Å². The van der Waals surface area contributed by atoms with Gasteiger partial charge in [-0.3, -0.25) is 9.50 Å². The Hall–Kier alpha value is -2.70. The highest BCUT2D eigenvalue weighted by Gasteiger charge is 2.12.